The number of Topliss-reactive ketones (excluding diaryl/α,β-unsaturated/α-hetero) is 2. The summed E-state index contributed by atoms with van der Waals surface area (Å²) in [7, 11) is 2.77. The molecule has 15 heteroatoms. The average molecular weight is 873 g/mol. The van der Waals surface area contributed by atoms with Crippen LogP contribution in [0.2, 0.25) is 0 Å². The van der Waals surface area contributed by atoms with Crippen molar-refractivity contribution in [1.82, 2.24) is 9.97 Å². The lowest BCUT2D eigenvalue weighted by atomic mass is 10.00. The molecule has 0 aliphatic carbocycles. The van der Waals surface area contributed by atoms with Crippen LogP contribution in [0.5, 0.6) is 34.5 Å². The SMILES string of the molecule is COc1ccnc(C(=O)C[C@@H](C)C(=O)O[C@H](C(C)C)[C@H](C)Oc2ccccc2)c1O.COc1ccnc(C(=O)C[C@@H](C)C(=O)O[C@H](C(C)C)[C@H](C)Oc2ccccc2)c1OC(C)=O. The third kappa shape index (κ3) is 15.4. The Labute approximate surface area is 369 Å². The van der Waals surface area contributed by atoms with Crippen molar-refractivity contribution >= 4 is 29.5 Å². The summed E-state index contributed by atoms with van der Waals surface area (Å²) in [6.07, 6.45) is 0.654. The number of aromatic nitrogens is 2. The second-order valence-electron chi connectivity index (χ2n) is 15.6. The quantitative estimate of drug-likeness (QED) is 0.0620. The van der Waals surface area contributed by atoms with Crippen LogP contribution in [0.4, 0.5) is 0 Å². The molecule has 4 rings (SSSR count). The number of hydrogen-bond acceptors (Lipinski definition) is 15. The highest BCUT2D eigenvalue weighted by Crippen LogP contribution is 2.32. The largest absolute Gasteiger partial charge is 0.503 e. The Morgan fingerprint density at radius 2 is 0.968 bits per heavy atom. The van der Waals surface area contributed by atoms with Crippen LogP contribution in [0.25, 0.3) is 0 Å². The minimum absolute atomic E-state index is 0.00816. The molecule has 0 bridgehead atoms. The van der Waals surface area contributed by atoms with Crippen LogP contribution in [-0.2, 0) is 23.9 Å². The van der Waals surface area contributed by atoms with Crippen molar-refractivity contribution in [3.05, 3.63) is 96.6 Å². The lowest BCUT2D eigenvalue weighted by molar-refractivity contribution is -0.161. The van der Waals surface area contributed by atoms with Crippen molar-refractivity contribution in [3.63, 3.8) is 0 Å². The van der Waals surface area contributed by atoms with Gasteiger partial charge in [-0.15, -0.1) is 0 Å². The van der Waals surface area contributed by atoms with Gasteiger partial charge in [-0.05, 0) is 49.9 Å². The van der Waals surface area contributed by atoms with E-state index in [1.807, 2.05) is 102 Å². The molecule has 0 fully saturated rings. The molecule has 0 radical (unpaired) electrons. The van der Waals surface area contributed by atoms with Crippen LogP contribution < -0.4 is 23.7 Å². The molecule has 2 aromatic carbocycles. The zero-order chi connectivity index (χ0) is 46.8. The van der Waals surface area contributed by atoms with Crippen molar-refractivity contribution < 1.29 is 62.2 Å². The van der Waals surface area contributed by atoms with E-state index >= 15 is 0 Å². The Hall–Kier alpha value is -6.51. The highest BCUT2D eigenvalue weighted by molar-refractivity contribution is 6.00. The number of ketones is 2. The van der Waals surface area contributed by atoms with Gasteiger partial charge in [0.15, 0.2) is 40.2 Å². The molecule has 0 saturated heterocycles. The van der Waals surface area contributed by atoms with Crippen LogP contribution in [0.3, 0.4) is 0 Å². The summed E-state index contributed by atoms with van der Waals surface area (Å²) in [6.45, 7) is 15.9. The minimum atomic E-state index is -0.749. The molecule has 15 nitrogen and oxygen atoms in total. The number of para-hydroxylation sites is 2. The summed E-state index contributed by atoms with van der Waals surface area (Å²) < 4.78 is 38.6. The number of esters is 3. The molecule has 0 aliphatic heterocycles. The monoisotopic (exact) mass is 872 g/mol. The Balaban J connectivity index is 0.000000337. The first-order valence-corrected chi connectivity index (χ1v) is 20.7. The van der Waals surface area contributed by atoms with Crippen LogP contribution >= 0.6 is 0 Å². The van der Waals surface area contributed by atoms with E-state index in [0.717, 1.165) is 0 Å². The Morgan fingerprint density at radius 3 is 1.37 bits per heavy atom. The number of methoxy groups -OCH3 is 2. The van der Waals surface area contributed by atoms with Gasteiger partial charge in [0.05, 0.1) is 26.1 Å². The number of carbonyl (C=O) groups excluding carboxylic acids is 5. The minimum Gasteiger partial charge on any atom is -0.503 e. The zero-order valence-electron chi connectivity index (χ0n) is 37.9. The Bertz CT molecular complexity index is 2110. The van der Waals surface area contributed by atoms with Crippen molar-refractivity contribution in [2.45, 2.75) is 99.6 Å². The lowest BCUT2D eigenvalue weighted by Gasteiger charge is -2.29. The van der Waals surface area contributed by atoms with E-state index in [1.54, 1.807) is 13.8 Å². The van der Waals surface area contributed by atoms with Gasteiger partial charge < -0.3 is 38.3 Å². The van der Waals surface area contributed by atoms with E-state index in [1.165, 1.54) is 45.7 Å². The van der Waals surface area contributed by atoms with Gasteiger partial charge in [0.1, 0.15) is 35.9 Å². The van der Waals surface area contributed by atoms with Gasteiger partial charge in [0, 0.05) is 44.3 Å². The molecule has 0 saturated carbocycles. The molecule has 63 heavy (non-hydrogen) atoms. The molecule has 0 aliphatic rings. The lowest BCUT2D eigenvalue weighted by Crippen LogP contribution is -2.39. The number of hydrogen-bond donors (Lipinski definition) is 1. The maximum atomic E-state index is 12.9. The Kier molecular flexibility index (Phi) is 20.0. The van der Waals surface area contributed by atoms with E-state index in [2.05, 4.69) is 9.97 Å². The van der Waals surface area contributed by atoms with Crippen molar-refractivity contribution in [1.29, 1.82) is 0 Å². The molecule has 0 unspecified atom stereocenters. The highest BCUT2D eigenvalue weighted by Gasteiger charge is 2.32. The fourth-order valence-electron chi connectivity index (χ4n) is 6.36. The van der Waals surface area contributed by atoms with Crippen molar-refractivity contribution in [3.8, 4) is 34.5 Å². The van der Waals surface area contributed by atoms with Gasteiger partial charge in [0.2, 0.25) is 5.75 Å². The van der Waals surface area contributed by atoms with E-state index in [0.29, 0.717) is 11.5 Å². The van der Waals surface area contributed by atoms with Crippen LogP contribution in [0, 0.1) is 23.7 Å². The van der Waals surface area contributed by atoms with Gasteiger partial charge >= 0.3 is 17.9 Å². The second-order valence-corrected chi connectivity index (χ2v) is 15.6. The molecule has 0 amide bonds. The first kappa shape index (κ1) is 50.8. The number of aromatic hydroxyl groups is 1. The standard InChI is InChI=1S/C25H31NO7.C23H29NO6/c1-15(2)23(17(4)31-19-10-8-7-9-11-19)33-25(29)16(3)14-20(28)22-24(32-18(5)27)21(30-6)12-13-26-22;1-14(2)22(16(4)29-17-9-7-6-8-10-17)30-23(27)15(3)13-18(25)20-21(26)19(28-5)11-12-24-20/h7-13,15-17,23H,14H2,1-6H3;6-12,14-16,22,26H,13H2,1-5H3/t16-,17+,23-;15-,16+,22-/m11/s1. The van der Waals surface area contributed by atoms with Gasteiger partial charge in [-0.25, -0.2) is 9.97 Å². The number of carbonyl (C=O) groups is 5. The predicted molar refractivity (Wildman–Crippen MR) is 233 cm³/mol. The number of ether oxygens (including phenoxy) is 7. The molecular formula is C48H60N2O13. The maximum absolute atomic E-state index is 12.9. The first-order chi connectivity index (χ1) is 29.9. The fourth-order valence-corrected chi connectivity index (χ4v) is 6.36. The van der Waals surface area contributed by atoms with Crippen LogP contribution in [0.15, 0.2) is 85.2 Å². The predicted octanol–water partition coefficient (Wildman–Crippen LogP) is 8.30. The highest BCUT2D eigenvalue weighted by atomic mass is 16.6. The van der Waals surface area contributed by atoms with Gasteiger partial charge in [-0.1, -0.05) is 77.9 Å². The molecule has 0 spiro atoms. The first-order valence-electron chi connectivity index (χ1n) is 20.7. The molecule has 2 heterocycles. The van der Waals surface area contributed by atoms with Crippen LogP contribution in [0.1, 0.15) is 96.1 Å². The normalized spacial score (nSPS) is 13.7. The van der Waals surface area contributed by atoms with Gasteiger partial charge in [-0.2, -0.15) is 0 Å². The summed E-state index contributed by atoms with van der Waals surface area (Å²) in [5.74, 6) is -2.73. The van der Waals surface area contributed by atoms with Crippen molar-refractivity contribution in [2.75, 3.05) is 14.2 Å². The summed E-state index contributed by atoms with van der Waals surface area (Å²) in [5.41, 5.74) is -0.208. The topological polar surface area (TPSA) is 196 Å². The summed E-state index contributed by atoms with van der Waals surface area (Å²) in [4.78, 5) is 70.3. The Morgan fingerprint density at radius 1 is 0.571 bits per heavy atom. The molecule has 340 valence electrons. The van der Waals surface area contributed by atoms with E-state index in [4.69, 9.17) is 33.2 Å². The van der Waals surface area contributed by atoms with E-state index in [-0.39, 0.29) is 65.2 Å². The summed E-state index contributed by atoms with van der Waals surface area (Å²) in [6, 6.07) is 21.5. The summed E-state index contributed by atoms with van der Waals surface area (Å²) in [5, 5.41) is 10.1. The fraction of sp³-hybridized carbons (Fsp3) is 0.438. The molecule has 4 aromatic rings. The maximum Gasteiger partial charge on any atom is 0.309 e. The number of nitrogens with zero attached hydrogens (tertiary/aromatic N) is 2. The zero-order valence-corrected chi connectivity index (χ0v) is 37.9. The molecule has 1 N–H and O–H groups in total. The van der Waals surface area contributed by atoms with Crippen LogP contribution in [-0.4, -0.2) is 83.2 Å². The molecule has 6 atom stereocenters. The molecule has 2 aromatic heterocycles. The smallest absolute Gasteiger partial charge is 0.309 e. The number of rotatable bonds is 21. The number of pyridine rings is 2. The summed E-state index contributed by atoms with van der Waals surface area (Å²) >= 11 is 0. The third-order valence-corrected chi connectivity index (χ3v) is 9.63. The van der Waals surface area contributed by atoms with E-state index < -0.39 is 59.6 Å². The van der Waals surface area contributed by atoms with Crippen molar-refractivity contribution in [2.24, 2.45) is 23.7 Å². The third-order valence-electron chi connectivity index (χ3n) is 9.63. The van der Waals surface area contributed by atoms with Gasteiger partial charge in [-0.3, -0.25) is 24.0 Å². The van der Waals surface area contributed by atoms with E-state index in [9.17, 15) is 29.1 Å². The average Bonchev–Trinajstić information content (AvgIpc) is 3.24. The van der Waals surface area contributed by atoms with Gasteiger partial charge in [0.25, 0.3) is 0 Å². The second kappa shape index (κ2) is 24.8. The molecular weight excluding hydrogens is 813 g/mol. The number of benzene rings is 2.